The molecule has 238 valence electrons. The van der Waals surface area contributed by atoms with E-state index in [4.69, 9.17) is 10.1 Å². The van der Waals surface area contributed by atoms with Crippen molar-refractivity contribution < 1.29 is 4.79 Å². The molecule has 9 rings (SSSR count). The molecule has 6 aromatic rings. The maximum absolute atomic E-state index is 14.0. The smallest absolute Gasteiger partial charge is 0.234 e. The lowest BCUT2D eigenvalue weighted by molar-refractivity contribution is -0.124. The summed E-state index contributed by atoms with van der Waals surface area (Å²) in [6, 6.07) is 42.9. The number of nitrogens with zero attached hydrogens (tertiary/aromatic N) is 4. The van der Waals surface area contributed by atoms with E-state index in [1.165, 1.54) is 0 Å². The average Bonchev–Trinajstić information content (AvgIpc) is 3.43. The van der Waals surface area contributed by atoms with Crippen LogP contribution in [0, 0.1) is 5.41 Å². The topological polar surface area (TPSA) is 63.1 Å². The maximum Gasteiger partial charge on any atom is 0.234 e. The number of carbonyl (C=O) groups excluding carboxylic acids is 1. The van der Waals surface area contributed by atoms with E-state index in [1.54, 1.807) is 0 Å². The Kier molecular flexibility index (Phi) is 6.67. The minimum Gasteiger partial charge on any atom is -0.316 e. The Morgan fingerprint density at radius 2 is 1.40 bits per heavy atom. The summed E-state index contributed by atoms with van der Waals surface area (Å²) in [5.74, 6) is 0.237. The third kappa shape index (κ3) is 4.39. The van der Waals surface area contributed by atoms with Gasteiger partial charge in [-0.2, -0.15) is 5.10 Å². The van der Waals surface area contributed by atoms with E-state index in [0.29, 0.717) is 0 Å². The van der Waals surface area contributed by atoms with Crippen LogP contribution in [0.3, 0.4) is 0 Å². The monoisotopic (exact) mass is 629 g/mol. The normalized spacial score (nSPS) is 20.2. The lowest BCUT2D eigenvalue weighted by Gasteiger charge is -2.37. The van der Waals surface area contributed by atoms with Crippen molar-refractivity contribution in [2.75, 3.05) is 24.5 Å². The molecule has 1 saturated carbocycles. The van der Waals surface area contributed by atoms with E-state index in [9.17, 15) is 4.79 Å². The number of aromatic nitrogens is 3. The van der Waals surface area contributed by atoms with Crippen molar-refractivity contribution in [1.82, 2.24) is 20.1 Å². The second-order valence-electron chi connectivity index (χ2n) is 14.2. The Bertz CT molecular complexity index is 2030. The van der Waals surface area contributed by atoms with Crippen molar-refractivity contribution in [3.8, 4) is 11.3 Å². The minimum atomic E-state index is -0.775. The van der Waals surface area contributed by atoms with Crippen molar-refractivity contribution in [3.63, 3.8) is 0 Å². The maximum atomic E-state index is 14.0. The first kappa shape index (κ1) is 29.1. The van der Waals surface area contributed by atoms with Gasteiger partial charge in [0.25, 0.3) is 0 Å². The first-order valence-corrected chi connectivity index (χ1v) is 17.2. The molecule has 0 unspecified atom stereocenters. The van der Waals surface area contributed by atoms with Gasteiger partial charge in [0.05, 0.1) is 10.9 Å². The molecule has 6 nitrogen and oxygen atoms in total. The number of pyridine rings is 1. The van der Waals surface area contributed by atoms with Crippen LogP contribution in [0.25, 0.3) is 22.2 Å². The van der Waals surface area contributed by atoms with Crippen LogP contribution < -0.4 is 10.2 Å². The number of benzene rings is 4. The molecule has 1 N–H and O–H groups in total. The Hall–Kier alpha value is -5.07. The molecule has 0 radical (unpaired) electrons. The number of rotatable bonds is 7. The summed E-state index contributed by atoms with van der Waals surface area (Å²) in [5, 5.41) is 10.1. The Morgan fingerprint density at radius 3 is 1.98 bits per heavy atom. The summed E-state index contributed by atoms with van der Waals surface area (Å²) in [4.78, 5) is 20.8. The first-order chi connectivity index (χ1) is 23.5. The molecule has 2 saturated heterocycles. The number of nitrogens with one attached hydrogen (secondary N) is 1. The Balaban J connectivity index is 1.33. The quantitative estimate of drug-likeness (QED) is 0.184. The van der Waals surface area contributed by atoms with Crippen LogP contribution in [-0.4, -0.2) is 40.3 Å². The molecule has 6 heteroatoms. The predicted molar refractivity (Wildman–Crippen MR) is 191 cm³/mol. The van der Waals surface area contributed by atoms with E-state index in [-0.39, 0.29) is 16.7 Å². The summed E-state index contributed by atoms with van der Waals surface area (Å²) >= 11 is 0. The number of carbonyl (C=O) groups is 1. The van der Waals surface area contributed by atoms with Crippen LogP contribution in [0.5, 0.6) is 0 Å². The molecule has 48 heavy (non-hydrogen) atoms. The summed E-state index contributed by atoms with van der Waals surface area (Å²) in [6.07, 6.45) is 6.02. The molecule has 2 aromatic heterocycles. The highest BCUT2D eigenvalue weighted by Crippen LogP contribution is 2.49. The first-order valence-electron chi connectivity index (χ1n) is 17.2. The van der Waals surface area contributed by atoms with Gasteiger partial charge in [0.2, 0.25) is 5.91 Å². The van der Waals surface area contributed by atoms with Gasteiger partial charge in [-0.1, -0.05) is 97.9 Å². The largest absolute Gasteiger partial charge is 0.316 e. The highest BCUT2D eigenvalue weighted by molar-refractivity contribution is 6.03. The lowest BCUT2D eigenvalue weighted by atomic mass is 9.77. The third-order valence-electron chi connectivity index (χ3n) is 11.3. The SMILES string of the molecule is CC1(c2cc(-c3nn(C(c4ccccc4)(c4ccccc4)c4ccccc4)c4ccc(N5CC[C@]6(CCNC6)C5=O)cc34)ccn2)CC1. The second-order valence-corrected chi connectivity index (χ2v) is 14.2. The molecule has 3 aliphatic rings. The van der Waals surface area contributed by atoms with Crippen LogP contribution in [-0.2, 0) is 15.7 Å². The molecular weight excluding hydrogens is 590 g/mol. The minimum absolute atomic E-state index is 0.118. The number of hydrogen-bond acceptors (Lipinski definition) is 4. The zero-order valence-electron chi connectivity index (χ0n) is 27.3. The zero-order chi connectivity index (χ0) is 32.3. The molecule has 0 bridgehead atoms. The Morgan fingerprint density at radius 1 is 0.750 bits per heavy atom. The van der Waals surface area contributed by atoms with Crippen LogP contribution >= 0.6 is 0 Å². The standard InChI is InChI=1S/C42H39N5O/c1-40(20-21-40)37-27-30(19-24-44-37)38-35-28-34(46-26-23-41(39(46)48)22-25-43-29-41)17-18-36(35)47(45-38)42(31-11-5-2-6-12-31,32-13-7-3-8-14-32)33-15-9-4-10-16-33/h2-19,24,27-28,43H,20-23,25-26,29H2,1H3/t41-/m0/s1. The third-order valence-corrected chi connectivity index (χ3v) is 11.3. The van der Waals surface area contributed by atoms with Gasteiger partial charge in [-0.25, -0.2) is 4.68 Å². The van der Waals surface area contributed by atoms with E-state index in [1.807, 2.05) is 11.1 Å². The molecular formula is C42H39N5O. The van der Waals surface area contributed by atoms with E-state index in [2.05, 4.69) is 138 Å². The second kappa shape index (κ2) is 11.0. The van der Waals surface area contributed by atoms with Gasteiger partial charge >= 0.3 is 0 Å². The summed E-state index contributed by atoms with van der Waals surface area (Å²) < 4.78 is 2.23. The molecule has 1 atom stereocenters. The highest BCUT2D eigenvalue weighted by atomic mass is 16.2. The number of fused-ring (bicyclic) bond motifs is 1. The fourth-order valence-electron chi connectivity index (χ4n) is 8.21. The summed E-state index contributed by atoms with van der Waals surface area (Å²) in [5.41, 5.74) is 7.41. The summed E-state index contributed by atoms with van der Waals surface area (Å²) in [6.45, 7) is 4.69. The molecule has 3 fully saturated rings. The molecule has 2 aliphatic heterocycles. The van der Waals surface area contributed by atoms with Crippen LogP contribution in [0.15, 0.2) is 128 Å². The van der Waals surface area contributed by atoms with Crippen LogP contribution in [0.2, 0.25) is 0 Å². The number of hydrogen-bond donors (Lipinski definition) is 1. The molecule has 4 heterocycles. The predicted octanol–water partition coefficient (Wildman–Crippen LogP) is 7.71. The molecule has 1 amide bonds. The van der Waals surface area contributed by atoms with Gasteiger partial charge < -0.3 is 10.2 Å². The molecule has 4 aromatic carbocycles. The van der Waals surface area contributed by atoms with Gasteiger partial charge in [-0.3, -0.25) is 9.78 Å². The van der Waals surface area contributed by atoms with Crippen molar-refractivity contribution in [2.45, 2.75) is 43.6 Å². The fraction of sp³-hybridized carbons (Fsp3) is 0.262. The van der Waals surface area contributed by atoms with Crippen LogP contribution in [0.4, 0.5) is 5.69 Å². The fourth-order valence-corrected chi connectivity index (χ4v) is 8.21. The number of amides is 1. The van der Waals surface area contributed by atoms with Gasteiger partial charge in [-0.05, 0) is 79.3 Å². The van der Waals surface area contributed by atoms with Gasteiger partial charge in [0.1, 0.15) is 11.2 Å². The van der Waals surface area contributed by atoms with Crippen molar-refractivity contribution in [2.24, 2.45) is 5.41 Å². The lowest BCUT2D eigenvalue weighted by Crippen LogP contribution is -2.38. The van der Waals surface area contributed by atoms with Crippen LogP contribution in [0.1, 0.15) is 55.0 Å². The van der Waals surface area contributed by atoms with E-state index in [0.717, 1.165) is 95.5 Å². The summed E-state index contributed by atoms with van der Waals surface area (Å²) in [7, 11) is 0. The highest BCUT2D eigenvalue weighted by Gasteiger charge is 2.49. The molecule has 1 spiro atoms. The van der Waals surface area contributed by atoms with Gasteiger partial charge in [0, 0.05) is 47.0 Å². The molecule has 1 aliphatic carbocycles. The Labute approximate surface area is 281 Å². The van der Waals surface area contributed by atoms with E-state index < -0.39 is 5.54 Å². The van der Waals surface area contributed by atoms with Crippen molar-refractivity contribution in [1.29, 1.82) is 0 Å². The zero-order valence-corrected chi connectivity index (χ0v) is 27.3. The van der Waals surface area contributed by atoms with Gasteiger partial charge in [0.15, 0.2) is 0 Å². The number of anilines is 1. The van der Waals surface area contributed by atoms with E-state index >= 15 is 0 Å². The average molecular weight is 630 g/mol. The van der Waals surface area contributed by atoms with Crippen molar-refractivity contribution in [3.05, 3.63) is 150 Å². The van der Waals surface area contributed by atoms with Crippen molar-refractivity contribution >= 4 is 22.5 Å². The van der Waals surface area contributed by atoms with Gasteiger partial charge in [-0.15, -0.1) is 0 Å².